The zero-order valence-electron chi connectivity index (χ0n) is 13.2. The van der Waals surface area contributed by atoms with Crippen molar-refractivity contribution in [3.05, 3.63) is 63.3 Å². The first kappa shape index (κ1) is 15.9. The Hall–Kier alpha value is -1.98. The number of thiophene rings is 1. The van der Waals surface area contributed by atoms with Crippen LogP contribution in [0.15, 0.2) is 47.2 Å². The summed E-state index contributed by atoms with van der Waals surface area (Å²) >= 11 is 3.28. The van der Waals surface area contributed by atoms with Gasteiger partial charge in [-0.3, -0.25) is 4.79 Å². The predicted molar refractivity (Wildman–Crippen MR) is 96.8 cm³/mol. The fourth-order valence-corrected chi connectivity index (χ4v) is 4.05. The second kappa shape index (κ2) is 7.06. The van der Waals surface area contributed by atoms with Crippen molar-refractivity contribution in [3.8, 4) is 10.6 Å². The summed E-state index contributed by atoms with van der Waals surface area (Å²) in [7, 11) is 1.85. The van der Waals surface area contributed by atoms with Crippen LogP contribution in [-0.2, 0) is 17.8 Å². The molecule has 0 saturated heterocycles. The van der Waals surface area contributed by atoms with Crippen LogP contribution in [0.25, 0.3) is 10.6 Å². The molecule has 0 N–H and O–H groups in total. The predicted octanol–water partition coefficient (Wildman–Crippen LogP) is 4.38. The van der Waals surface area contributed by atoms with Crippen molar-refractivity contribution in [3.63, 3.8) is 0 Å². The van der Waals surface area contributed by atoms with E-state index in [9.17, 15) is 4.79 Å². The minimum atomic E-state index is 0.0997. The number of thiazole rings is 1. The Bertz CT molecular complexity index is 792. The molecular weight excluding hydrogens is 324 g/mol. The van der Waals surface area contributed by atoms with E-state index in [4.69, 9.17) is 0 Å². The molecule has 3 nitrogen and oxygen atoms in total. The molecule has 0 fully saturated rings. The smallest absolute Gasteiger partial charge is 0.228 e. The number of hydrogen-bond donors (Lipinski definition) is 0. The number of carbonyl (C=O) groups is 1. The van der Waals surface area contributed by atoms with Gasteiger partial charge < -0.3 is 4.90 Å². The van der Waals surface area contributed by atoms with Crippen LogP contribution in [0.1, 0.15) is 16.1 Å². The molecule has 118 valence electrons. The Morgan fingerprint density at radius 3 is 2.65 bits per heavy atom. The second-order valence-electron chi connectivity index (χ2n) is 5.46. The minimum Gasteiger partial charge on any atom is -0.340 e. The van der Waals surface area contributed by atoms with E-state index in [-0.39, 0.29) is 5.91 Å². The SMILES string of the molecule is Cc1ccsc1CN(C)C(=O)Cc1csc(-c2ccccc2)n1. The number of likely N-dealkylation sites (N-methyl/N-ethyl adjacent to an activating group) is 1. The third kappa shape index (κ3) is 3.86. The average molecular weight is 342 g/mol. The van der Waals surface area contributed by atoms with Crippen LogP contribution >= 0.6 is 22.7 Å². The lowest BCUT2D eigenvalue weighted by molar-refractivity contribution is -0.129. The van der Waals surface area contributed by atoms with E-state index in [1.807, 2.05) is 42.8 Å². The Kier molecular flexibility index (Phi) is 4.88. The van der Waals surface area contributed by atoms with Gasteiger partial charge in [0.2, 0.25) is 5.91 Å². The molecular formula is C18H18N2OS2. The van der Waals surface area contributed by atoms with Gasteiger partial charge in [-0.2, -0.15) is 0 Å². The van der Waals surface area contributed by atoms with Crippen LogP contribution < -0.4 is 0 Å². The Morgan fingerprint density at radius 1 is 1.17 bits per heavy atom. The summed E-state index contributed by atoms with van der Waals surface area (Å²) in [6, 6.07) is 12.2. The molecule has 0 atom stereocenters. The van der Waals surface area contributed by atoms with Crippen LogP contribution in [0.3, 0.4) is 0 Å². The van der Waals surface area contributed by atoms with Crippen LogP contribution in [0.2, 0.25) is 0 Å². The first-order valence-corrected chi connectivity index (χ1v) is 9.16. The fourth-order valence-electron chi connectivity index (χ4n) is 2.26. The topological polar surface area (TPSA) is 33.2 Å². The van der Waals surface area contributed by atoms with Crippen molar-refractivity contribution in [2.75, 3.05) is 7.05 Å². The summed E-state index contributed by atoms with van der Waals surface area (Å²) in [6.45, 7) is 2.74. The summed E-state index contributed by atoms with van der Waals surface area (Å²) in [5.41, 5.74) is 3.18. The standard InChI is InChI=1S/C18H18N2OS2/c1-13-8-9-22-16(13)11-20(2)17(21)10-15-12-23-18(19-15)14-6-4-3-5-7-14/h3-9,12H,10-11H2,1-2H3. The van der Waals surface area contributed by atoms with E-state index in [2.05, 4.69) is 23.4 Å². The highest BCUT2D eigenvalue weighted by Crippen LogP contribution is 2.24. The summed E-state index contributed by atoms with van der Waals surface area (Å²) in [5, 5.41) is 5.00. The molecule has 0 aliphatic rings. The molecule has 0 radical (unpaired) electrons. The molecule has 0 aliphatic carbocycles. The Balaban J connectivity index is 1.64. The van der Waals surface area contributed by atoms with Gasteiger partial charge in [-0.25, -0.2) is 4.98 Å². The van der Waals surface area contributed by atoms with Crippen molar-refractivity contribution in [1.82, 2.24) is 9.88 Å². The zero-order chi connectivity index (χ0) is 16.2. The van der Waals surface area contributed by atoms with E-state index in [0.29, 0.717) is 13.0 Å². The van der Waals surface area contributed by atoms with Crippen LogP contribution in [0, 0.1) is 6.92 Å². The maximum absolute atomic E-state index is 12.4. The van der Waals surface area contributed by atoms with Gasteiger partial charge in [0, 0.05) is 22.9 Å². The Labute approximate surface area is 144 Å². The third-order valence-electron chi connectivity index (χ3n) is 3.68. The lowest BCUT2D eigenvalue weighted by Gasteiger charge is -2.16. The van der Waals surface area contributed by atoms with Crippen molar-refractivity contribution < 1.29 is 4.79 Å². The van der Waals surface area contributed by atoms with Gasteiger partial charge in [-0.05, 0) is 23.9 Å². The van der Waals surface area contributed by atoms with E-state index in [1.54, 1.807) is 27.6 Å². The van der Waals surface area contributed by atoms with Gasteiger partial charge in [0.1, 0.15) is 5.01 Å². The number of nitrogens with zero attached hydrogens (tertiary/aromatic N) is 2. The maximum atomic E-state index is 12.4. The van der Waals surface area contributed by atoms with Crippen molar-refractivity contribution in [1.29, 1.82) is 0 Å². The lowest BCUT2D eigenvalue weighted by Crippen LogP contribution is -2.27. The van der Waals surface area contributed by atoms with Gasteiger partial charge in [-0.1, -0.05) is 30.3 Å². The highest BCUT2D eigenvalue weighted by atomic mass is 32.1. The number of benzene rings is 1. The van der Waals surface area contributed by atoms with E-state index >= 15 is 0 Å². The number of aromatic nitrogens is 1. The first-order chi connectivity index (χ1) is 11.1. The van der Waals surface area contributed by atoms with E-state index in [0.717, 1.165) is 16.3 Å². The molecule has 5 heteroatoms. The monoisotopic (exact) mass is 342 g/mol. The van der Waals surface area contributed by atoms with Gasteiger partial charge in [0.05, 0.1) is 18.7 Å². The van der Waals surface area contributed by atoms with Gasteiger partial charge >= 0.3 is 0 Å². The molecule has 0 unspecified atom stereocenters. The number of aryl methyl sites for hydroxylation is 1. The number of carbonyl (C=O) groups excluding carboxylic acids is 1. The van der Waals surface area contributed by atoms with E-state index < -0.39 is 0 Å². The molecule has 2 aromatic heterocycles. The van der Waals surface area contributed by atoms with Crippen molar-refractivity contribution in [2.24, 2.45) is 0 Å². The first-order valence-electron chi connectivity index (χ1n) is 7.40. The summed E-state index contributed by atoms with van der Waals surface area (Å²) < 4.78 is 0. The molecule has 2 heterocycles. The average Bonchev–Trinajstić information content (AvgIpc) is 3.18. The lowest BCUT2D eigenvalue weighted by atomic mass is 10.2. The van der Waals surface area contributed by atoms with Crippen LogP contribution in [0.5, 0.6) is 0 Å². The molecule has 23 heavy (non-hydrogen) atoms. The van der Waals surface area contributed by atoms with Crippen molar-refractivity contribution in [2.45, 2.75) is 19.9 Å². The molecule has 0 spiro atoms. The van der Waals surface area contributed by atoms with Gasteiger partial charge in [-0.15, -0.1) is 22.7 Å². The van der Waals surface area contributed by atoms with Crippen LogP contribution in [-0.4, -0.2) is 22.8 Å². The number of amides is 1. The van der Waals surface area contributed by atoms with Crippen LogP contribution in [0.4, 0.5) is 0 Å². The molecule has 1 amide bonds. The largest absolute Gasteiger partial charge is 0.340 e. The quantitative estimate of drug-likeness (QED) is 0.689. The fraction of sp³-hybridized carbons (Fsp3) is 0.222. The molecule has 1 aromatic carbocycles. The molecule has 3 aromatic rings. The number of hydrogen-bond acceptors (Lipinski definition) is 4. The maximum Gasteiger partial charge on any atom is 0.228 e. The highest BCUT2D eigenvalue weighted by molar-refractivity contribution is 7.13. The molecule has 0 saturated carbocycles. The third-order valence-corrected chi connectivity index (χ3v) is 5.63. The summed E-state index contributed by atoms with van der Waals surface area (Å²) in [4.78, 5) is 20.0. The van der Waals surface area contributed by atoms with E-state index in [1.165, 1.54) is 10.4 Å². The number of rotatable bonds is 5. The van der Waals surface area contributed by atoms with Gasteiger partial charge in [0.25, 0.3) is 0 Å². The Morgan fingerprint density at radius 2 is 1.96 bits per heavy atom. The zero-order valence-corrected chi connectivity index (χ0v) is 14.8. The molecule has 0 aliphatic heterocycles. The van der Waals surface area contributed by atoms with Crippen molar-refractivity contribution >= 4 is 28.6 Å². The summed E-state index contributed by atoms with van der Waals surface area (Å²) in [6.07, 6.45) is 0.351. The summed E-state index contributed by atoms with van der Waals surface area (Å²) in [5.74, 6) is 0.0997. The van der Waals surface area contributed by atoms with Gasteiger partial charge in [0.15, 0.2) is 0 Å². The normalized spacial score (nSPS) is 10.7. The minimum absolute atomic E-state index is 0.0997. The highest BCUT2D eigenvalue weighted by Gasteiger charge is 2.14. The molecule has 3 rings (SSSR count). The molecule has 0 bridgehead atoms. The second-order valence-corrected chi connectivity index (χ2v) is 7.32.